The summed E-state index contributed by atoms with van der Waals surface area (Å²) >= 11 is 0. The molecule has 0 fully saturated rings. The van der Waals surface area contributed by atoms with Gasteiger partial charge >= 0.3 is 6.61 Å². The van der Waals surface area contributed by atoms with Crippen LogP contribution in [0.2, 0.25) is 0 Å². The van der Waals surface area contributed by atoms with Crippen LogP contribution in [0.25, 0.3) is 0 Å². The molecule has 0 saturated carbocycles. The molecule has 0 radical (unpaired) electrons. The fourth-order valence-corrected chi connectivity index (χ4v) is 1.40. The zero-order chi connectivity index (χ0) is 12.0. The smallest absolute Gasteiger partial charge is 0.387 e. The predicted octanol–water partition coefficient (Wildman–Crippen LogP) is 2.45. The van der Waals surface area contributed by atoms with Gasteiger partial charge in [-0.1, -0.05) is 12.1 Å². The van der Waals surface area contributed by atoms with Crippen molar-refractivity contribution >= 4 is 12.4 Å². The van der Waals surface area contributed by atoms with Crippen molar-refractivity contribution in [1.29, 1.82) is 0 Å². The van der Waals surface area contributed by atoms with Gasteiger partial charge in [-0.15, -0.1) is 12.4 Å². The number of nitrogens with two attached hydrogens (primary N) is 2. The van der Waals surface area contributed by atoms with Gasteiger partial charge in [0.1, 0.15) is 5.75 Å². The van der Waals surface area contributed by atoms with Crippen LogP contribution < -0.4 is 16.2 Å². The molecule has 0 aliphatic heterocycles. The molecule has 0 aromatic heterocycles. The van der Waals surface area contributed by atoms with Crippen LogP contribution in [0.15, 0.2) is 24.3 Å². The van der Waals surface area contributed by atoms with Crippen molar-refractivity contribution in [3.63, 3.8) is 0 Å². The summed E-state index contributed by atoms with van der Waals surface area (Å²) in [4.78, 5) is 0. The van der Waals surface area contributed by atoms with Gasteiger partial charge in [-0.2, -0.15) is 8.78 Å². The van der Waals surface area contributed by atoms with Gasteiger partial charge in [0.25, 0.3) is 0 Å². The fraction of sp³-hybridized carbons (Fsp3) is 0.455. The first-order valence-electron chi connectivity index (χ1n) is 5.14. The Morgan fingerprint density at radius 1 is 1.18 bits per heavy atom. The van der Waals surface area contributed by atoms with Crippen molar-refractivity contribution in [2.45, 2.75) is 25.5 Å². The molecule has 0 saturated heterocycles. The van der Waals surface area contributed by atoms with Gasteiger partial charge in [0.15, 0.2) is 0 Å². The van der Waals surface area contributed by atoms with E-state index in [0.717, 1.165) is 18.4 Å². The summed E-state index contributed by atoms with van der Waals surface area (Å²) in [5.74, 6) is 0.143. The monoisotopic (exact) mass is 266 g/mol. The van der Waals surface area contributed by atoms with Gasteiger partial charge in [-0.3, -0.25) is 0 Å². The van der Waals surface area contributed by atoms with E-state index in [4.69, 9.17) is 11.5 Å². The van der Waals surface area contributed by atoms with E-state index in [9.17, 15) is 8.78 Å². The molecule has 0 unspecified atom stereocenters. The highest BCUT2D eigenvalue weighted by Gasteiger charge is 2.07. The normalized spacial score (nSPS) is 12.1. The summed E-state index contributed by atoms with van der Waals surface area (Å²) in [7, 11) is 0. The highest BCUT2D eigenvalue weighted by atomic mass is 35.5. The van der Waals surface area contributed by atoms with Gasteiger partial charge in [-0.05, 0) is 37.1 Å². The van der Waals surface area contributed by atoms with E-state index < -0.39 is 6.61 Å². The first-order valence-corrected chi connectivity index (χ1v) is 5.14. The molecule has 1 aromatic carbocycles. The molecular weight excluding hydrogens is 250 g/mol. The van der Waals surface area contributed by atoms with Crippen molar-refractivity contribution in [3.8, 4) is 5.75 Å². The van der Waals surface area contributed by atoms with Gasteiger partial charge < -0.3 is 16.2 Å². The molecule has 0 heterocycles. The minimum atomic E-state index is -2.79. The summed E-state index contributed by atoms with van der Waals surface area (Å²) in [5.41, 5.74) is 12.2. The number of hydrogen-bond donors (Lipinski definition) is 2. The lowest BCUT2D eigenvalue weighted by Crippen LogP contribution is -2.12. The van der Waals surface area contributed by atoms with E-state index in [1.807, 2.05) is 0 Å². The lowest BCUT2D eigenvalue weighted by molar-refractivity contribution is -0.0498. The van der Waals surface area contributed by atoms with E-state index in [1.54, 1.807) is 12.1 Å². The first-order chi connectivity index (χ1) is 7.63. The lowest BCUT2D eigenvalue weighted by atomic mass is 10.0. The van der Waals surface area contributed by atoms with Crippen molar-refractivity contribution in [1.82, 2.24) is 0 Å². The lowest BCUT2D eigenvalue weighted by Gasteiger charge is -2.12. The zero-order valence-electron chi connectivity index (χ0n) is 9.31. The molecule has 1 atom stereocenters. The van der Waals surface area contributed by atoms with E-state index in [1.165, 1.54) is 12.1 Å². The van der Waals surface area contributed by atoms with Crippen LogP contribution in [0, 0.1) is 0 Å². The SMILES string of the molecule is Cl.NCCC[C@H](N)c1ccc(OC(F)F)cc1. The van der Waals surface area contributed by atoms with Crippen LogP contribution in [0.4, 0.5) is 8.78 Å². The van der Waals surface area contributed by atoms with Gasteiger partial charge in [0.2, 0.25) is 0 Å². The molecule has 6 heteroatoms. The van der Waals surface area contributed by atoms with Crippen molar-refractivity contribution in [3.05, 3.63) is 29.8 Å². The van der Waals surface area contributed by atoms with Crippen LogP contribution >= 0.6 is 12.4 Å². The van der Waals surface area contributed by atoms with Crippen molar-refractivity contribution in [2.24, 2.45) is 11.5 Å². The van der Waals surface area contributed by atoms with Crippen molar-refractivity contribution in [2.75, 3.05) is 6.54 Å². The molecular formula is C11H17ClF2N2O. The predicted molar refractivity (Wildman–Crippen MR) is 65.5 cm³/mol. The maximum Gasteiger partial charge on any atom is 0.387 e. The Labute approximate surface area is 106 Å². The number of halogens is 3. The van der Waals surface area contributed by atoms with Gasteiger partial charge in [-0.25, -0.2) is 0 Å². The van der Waals surface area contributed by atoms with E-state index in [2.05, 4.69) is 4.74 Å². The standard InChI is InChI=1S/C11H16F2N2O.ClH/c12-11(13)16-9-5-3-8(4-6-9)10(15)2-1-7-14;/h3-6,10-11H,1-2,7,14-15H2;1H/t10-;/m0./s1. The molecule has 4 N–H and O–H groups in total. The summed E-state index contributed by atoms with van der Waals surface area (Å²) in [6, 6.07) is 6.26. The van der Waals surface area contributed by atoms with E-state index in [0.29, 0.717) is 6.54 Å². The third-order valence-corrected chi connectivity index (χ3v) is 2.25. The van der Waals surface area contributed by atoms with Crippen LogP contribution in [-0.4, -0.2) is 13.2 Å². The Morgan fingerprint density at radius 3 is 2.24 bits per heavy atom. The minimum absolute atomic E-state index is 0. The third kappa shape index (κ3) is 5.81. The number of rotatable bonds is 6. The molecule has 1 rings (SSSR count). The molecule has 3 nitrogen and oxygen atoms in total. The second-order valence-corrected chi connectivity index (χ2v) is 3.48. The summed E-state index contributed by atoms with van der Waals surface area (Å²) in [6.07, 6.45) is 1.63. The summed E-state index contributed by atoms with van der Waals surface area (Å²) in [6.45, 7) is -2.20. The molecule has 0 spiro atoms. The Bertz CT molecular complexity index is 309. The molecule has 0 aliphatic carbocycles. The molecule has 0 bridgehead atoms. The van der Waals surface area contributed by atoms with Crippen LogP contribution in [0.3, 0.4) is 0 Å². The Balaban J connectivity index is 0.00000256. The average Bonchev–Trinajstić information content (AvgIpc) is 2.26. The van der Waals surface area contributed by atoms with E-state index >= 15 is 0 Å². The second-order valence-electron chi connectivity index (χ2n) is 3.48. The highest BCUT2D eigenvalue weighted by molar-refractivity contribution is 5.85. The quantitative estimate of drug-likeness (QED) is 0.831. The second kappa shape index (κ2) is 8.22. The van der Waals surface area contributed by atoms with Gasteiger partial charge in [0, 0.05) is 6.04 Å². The largest absolute Gasteiger partial charge is 0.435 e. The van der Waals surface area contributed by atoms with Crippen LogP contribution in [0.5, 0.6) is 5.75 Å². The van der Waals surface area contributed by atoms with Crippen LogP contribution in [0.1, 0.15) is 24.4 Å². The van der Waals surface area contributed by atoms with Crippen molar-refractivity contribution < 1.29 is 13.5 Å². The summed E-state index contributed by atoms with van der Waals surface area (Å²) in [5, 5.41) is 0. The van der Waals surface area contributed by atoms with Gasteiger partial charge in [0.05, 0.1) is 0 Å². The third-order valence-electron chi connectivity index (χ3n) is 2.25. The zero-order valence-corrected chi connectivity index (χ0v) is 10.1. The molecule has 98 valence electrons. The topological polar surface area (TPSA) is 61.3 Å². The first kappa shape index (κ1) is 16.1. The maximum atomic E-state index is 11.9. The summed E-state index contributed by atoms with van der Waals surface area (Å²) < 4.78 is 28.0. The van der Waals surface area contributed by atoms with Crippen LogP contribution in [-0.2, 0) is 0 Å². The average molecular weight is 267 g/mol. The Morgan fingerprint density at radius 2 is 1.76 bits per heavy atom. The Hall–Kier alpha value is -0.910. The molecule has 1 aromatic rings. The number of alkyl halides is 2. The number of benzene rings is 1. The Kier molecular flexibility index (Phi) is 7.78. The number of ether oxygens (including phenoxy) is 1. The molecule has 0 amide bonds. The maximum absolute atomic E-state index is 11.9. The fourth-order valence-electron chi connectivity index (χ4n) is 1.40. The molecule has 0 aliphatic rings. The minimum Gasteiger partial charge on any atom is -0.435 e. The molecule has 17 heavy (non-hydrogen) atoms. The highest BCUT2D eigenvalue weighted by Crippen LogP contribution is 2.20. The number of hydrogen-bond acceptors (Lipinski definition) is 3. The van der Waals surface area contributed by atoms with E-state index in [-0.39, 0.29) is 24.2 Å².